The van der Waals surface area contributed by atoms with Crippen LogP contribution >= 0.6 is 0 Å². The number of aromatic nitrogens is 1. The van der Waals surface area contributed by atoms with E-state index in [9.17, 15) is 4.79 Å². The molecule has 1 aliphatic carbocycles. The molecule has 2 fully saturated rings. The zero-order chi connectivity index (χ0) is 13.8. The molecule has 0 spiro atoms. The van der Waals surface area contributed by atoms with Gasteiger partial charge in [-0.3, -0.25) is 9.78 Å². The van der Waals surface area contributed by atoms with Crippen LogP contribution in [0, 0.1) is 5.92 Å². The number of morpholine rings is 1. The Morgan fingerprint density at radius 2 is 2.20 bits per heavy atom. The highest BCUT2D eigenvalue weighted by molar-refractivity contribution is 5.93. The SMILES string of the molecule is O=C(NCCC1CC1)c1cc(N2CCOCC2)ccn1. The van der Waals surface area contributed by atoms with E-state index in [0.29, 0.717) is 5.69 Å². The molecule has 0 radical (unpaired) electrons. The van der Waals surface area contributed by atoms with Crippen LogP contribution in [-0.4, -0.2) is 43.7 Å². The van der Waals surface area contributed by atoms with Crippen molar-refractivity contribution in [3.05, 3.63) is 24.0 Å². The molecular formula is C15H21N3O2. The number of rotatable bonds is 5. The zero-order valence-electron chi connectivity index (χ0n) is 11.7. The highest BCUT2D eigenvalue weighted by atomic mass is 16.5. The standard InChI is InChI=1S/C15H21N3O2/c19-15(17-5-3-12-1-2-12)14-11-13(4-6-16-14)18-7-9-20-10-8-18/h4,6,11-12H,1-3,5,7-10H2,(H,17,19). The van der Waals surface area contributed by atoms with Crippen molar-refractivity contribution in [2.45, 2.75) is 19.3 Å². The summed E-state index contributed by atoms with van der Waals surface area (Å²) in [5.41, 5.74) is 1.56. The highest BCUT2D eigenvalue weighted by Gasteiger charge is 2.21. The third-order valence-electron chi connectivity index (χ3n) is 3.89. The molecule has 0 bridgehead atoms. The molecular weight excluding hydrogens is 254 g/mol. The number of anilines is 1. The maximum Gasteiger partial charge on any atom is 0.269 e. The smallest absolute Gasteiger partial charge is 0.269 e. The molecule has 5 heteroatoms. The first-order chi connectivity index (χ1) is 9.83. The summed E-state index contributed by atoms with van der Waals surface area (Å²) in [5.74, 6) is 0.767. The van der Waals surface area contributed by atoms with Crippen molar-refractivity contribution in [2.75, 3.05) is 37.7 Å². The van der Waals surface area contributed by atoms with Crippen LogP contribution in [0.5, 0.6) is 0 Å². The topological polar surface area (TPSA) is 54.5 Å². The normalized spacial score (nSPS) is 18.9. The second-order valence-corrected chi connectivity index (χ2v) is 5.49. The fraction of sp³-hybridized carbons (Fsp3) is 0.600. The summed E-state index contributed by atoms with van der Waals surface area (Å²) in [6.07, 6.45) is 5.44. The Hall–Kier alpha value is -1.62. The van der Waals surface area contributed by atoms with Gasteiger partial charge in [0.25, 0.3) is 5.91 Å². The Labute approximate surface area is 119 Å². The van der Waals surface area contributed by atoms with Gasteiger partial charge >= 0.3 is 0 Å². The van der Waals surface area contributed by atoms with E-state index < -0.39 is 0 Å². The minimum atomic E-state index is -0.0687. The summed E-state index contributed by atoms with van der Waals surface area (Å²) in [5, 5.41) is 2.96. The lowest BCUT2D eigenvalue weighted by Gasteiger charge is -2.28. The van der Waals surface area contributed by atoms with Gasteiger partial charge < -0.3 is 15.0 Å². The van der Waals surface area contributed by atoms with E-state index in [2.05, 4.69) is 15.2 Å². The lowest BCUT2D eigenvalue weighted by atomic mass is 10.2. The molecule has 1 saturated carbocycles. The summed E-state index contributed by atoms with van der Waals surface area (Å²) >= 11 is 0. The van der Waals surface area contributed by atoms with Crippen LogP contribution in [0.15, 0.2) is 18.3 Å². The predicted octanol–water partition coefficient (Wildman–Crippen LogP) is 1.45. The monoisotopic (exact) mass is 275 g/mol. The lowest BCUT2D eigenvalue weighted by Crippen LogP contribution is -2.36. The minimum Gasteiger partial charge on any atom is -0.378 e. The molecule has 108 valence electrons. The summed E-state index contributed by atoms with van der Waals surface area (Å²) < 4.78 is 5.34. The number of carbonyl (C=O) groups is 1. The van der Waals surface area contributed by atoms with Gasteiger partial charge in [-0.25, -0.2) is 0 Å². The fourth-order valence-corrected chi connectivity index (χ4v) is 2.45. The number of hydrogen-bond donors (Lipinski definition) is 1. The van der Waals surface area contributed by atoms with Gasteiger partial charge in [0.1, 0.15) is 5.69 Å². The van der Waals surface area contributed by atoms with E-state index in [4.69, 9.17) is 4.74 Å². The molecule has 3 rings (SSSR count). The summed E-state index contributed by atoms with van der Waals surface area (Å²) in [4.78, 5) is 18.5. The van der Waals surface area contributed by atoms with E-state index in [0.717, 1.165) is 50.9 Å². The largest absolute Gasteiger partial charge is 0.378 e. The van der Waals surface area contributed by atoms with Crippen molar-refractivity contribution in [1.82, 2.24) is 10.3 Å². The van der Waals surface area contributed by atoms with Crippen LogP contribution in [0.25, 0.3) is 0 Å². The molecule has 20 heavy (non-hydrogen) atoms. The van der Waals surface area contributed by atoms with Gasteiger partial charge in [-0.05, 0) is 24.5 Å². The first-order valence-electron chi connectivity index (χ1n) is 7.40. The van der Waals surface area contributed by atoms with Crippen LogP contribution in [-0.2, 0) is 4.74 Å². The van der Waals surface area contributed by atoms with E-state index in [1.165, 1.54) is 12.8 Å². The molecule has 5 nitrogen and oxygen atoms in total. The van der Waals surface area contributed by atoms with E-state index in [1.54, 1.807) is 6.20 Å². The molecule has 1 aromatic heterocycles. The Morgan fingerprint density at radius 3 is 2.95 bits per heavy atom. The lowest BCUT2D eigenvalue weighted by molar-refractivity contribution is 0.0947. The Morgan fingerprint density at radius 1 is 1.40 bits per heavy atom. The van der Waals surface area contributed by atoms with Gasteiger partial charge in [0, 0.05) is 31.5 Å². The third-order valence-corrected chi connectivity index (χ3v) is 3.89. The molecule has 1 N–H and O–H groups in total. The fourth-order valence-electron chi connectivity index (χ4n) is 2.45. The van der Waals surface area contributed by atoms with Gasteiger partial charge in [-0.15, -0.1) is 0 Å². The maximum absolute atomic E-state index is 12.1. The van der Waals surface area contributed by atoms with Crippen molar-refractivity contribution in [2.24, 2.45) is 5.92 Å². The zero-order valence-corrected chi connectivity index (χ0v) is 11.7. The number of pyridine rings is 1. The van der Waals surface area contributed by atoms with Crippen molar-refractivity contribution in [3.63, 3.8) is 0 Å². The average molecular weight is 275 g/mol. The highest BCUT2D eigenvalue weighted by Crippen LogP contribution is 2.31. The Kier molecular flexibility index (Phi) is 4.16. The number of hydrogen-bond acceptors (Lipinski definition) is 4. The first kappa shape index (κ1) is 13.4. The van der Waals surface area contributed by atoms with Gasteiger partial charge in [0.05, 0.1) is 13.2 Å². The quantitative estimate of drug-likeness (QED) is 0.883. The number of ether oxygens (including phenoxy) is 1. The van der Waals surface area contributed by atoms with Crippen molar-refractivity contribution in [1.29, 1.82) is 0 Å². The van der Waals surface area contributed by atoms with Crippen molar-refractivity contribution >= 4 is 11.6 Å². The number of carbonyl (C=O) groups excluding carboxylic acids is 1. The van der Waals surface area contributed by atoms with Crippen LogP contribution in [0.4, 0.5) is 5.69 Å². The maximum atomic E-state index is 12.1. The van der Waals surface area contributed by atoms with Crippen molar-refractivity contribution in [3.8, 4) is 0 Å². The molecule has 0 unspecified atom stereocenters. The molecule has 0 atom stereocenters. The van der Waals surface area contributed by atoms with E-state index in [-0.39, 0.29) is 5.91 Å². The summed E-state index contributed by atoms with van der Waals surface area (Å²) in [6.45, 7) is 3.98. The minimum absolute atomic E-state index is 0.0687. The second-order valence-electron chi connectivity index (χ2n) is 5.49. The van der Waals surface area contributed by atoms with Gasteiger partial charge in [-0.2, -0.15) is 0 Å². The van der Waals surface area contributed by atoms with Crippen LogP contribution < -0.4 is 10.2 Å². The summed E-state index contributed by atoms with van der Waals surface area (Å²) in [6, 6.07) is 3.82. The Bertz CT molecular complexity index is 468. The third kappa shape index (κ3) is 3.48. The Balaban J connectivity index is 1.58. The molecule has 1 amide bonds. The van der Waals surface area contributed by atoms with Crippen molar-refractivity contribution < 1.29 is 9.53 Å². The van der Waals surface area contributed by atoms with Crippen LogP contribution in [0.3, 0.4) is 0 Å². The molecule has 1 saturated heterocycles. The number of amides is 1. The van der Waals surface area contributed by atoms with E-state index in [1.807, 2.05) is 12.1 Å². The van der Waals surface area contributed by atoms with Gasteiger partial charge in [0.15, 0.2) is 0 Å². The first-order valence-corrected chi connectivity index (χ1v) is 7.40. The summed E-state index contributed by atoms with van der Waals surface area (Å²) in [7, 11) is 0. The van der Waals surface area contributed by atoms with Gasteiger partial charge in [-0.1, -0.05) is 12.8 Å². The van der Waals surface area contributed by atoms with E-state index >= 15 is 0 Å². The molecule has 1 aromatic rings. The number of nitrogens with one attached hydrogen (secondary N) is 1. The number of nitrogens with zero attached hydrogens (tertiary/aromatic N) is 2. The molecule has 2 aliphatic rings. The second kappa shape index (κ2) is 6.22. The van der Waals surface area contributed by atoms with Crippen LogP contribution in [0.1, 0.15) is 29.8 Å². The molecule has 2 heterocycles. The molecule has 1 aliphatic heterocycles. The predicted molar refractivity (Wildman–Crippen MR) is 76.9 cm³/mol. The average Bonchev–Trinajstić information content (AvgIpc) is 3.32. The molecule has 0 aromatic carbocycles. The van der Waals surface area contributed by atoms with Gasteiger partial charge in [0.2, 0.25) is 0 Å². The van der Waals surface area contributed by atoms with Crippen LogP contribution in [0.2, 0.25) is 0 Å².